The van der Waals surface area contributed by atoms with E-state index in [1.807, 2.05) is 6.07 Å². The van der Waals surface area contributed by atoms with Gasteiger partial charge in [0.1, 0.15) is 29.9 Å². The SMILES string of the molecule is N#Cc1ncccc1COc1cc(F)cc(CCN)c1. The van der Waals surface area contributed by atoms with Crippen molar-refractivity contribution in [3.63, 3.8) is 0 Å². The summed E-state index contributed by atoms with van der Waals surface area (Å²) in [4.78, 5) is 3.94. The number of pyridine rings is 1. The molecule has 4 nitrogen and oxygen atoms in total. The van der Waals surface area contributed by atoms with Crippen molar-refractivity contribution in [2.45, 2.75) is 13.0 Å². The Kier molecular flexibility index (Phi) is 4.64. The molecule has 2 aromatic rings. The molecule has 1 aromatic heterocycles. The van der Waals surface area contributed by atoms with Gasteiger partial charge in [-0.3, -0.25) is 0 Å². The number of nitriles is 1. The number of benzene rings is 1. The first-order valence-electron chi connectivity index (χ1n) is 6.19. The number of ether oxygens (including phenoxy) is 1. The number of hydrogen-bond acceptors (Lipinski definition) is 4. The summed E-state index contributed by atoms with van der Waals surface area (Å²) in [5.74, 6) is 0.0545. The maximum atomic E-state index is 13.4. The van der Waals surface area contributed by atoms with Gasteiger partial charge in [-0.1, -0.05) is 6.07 Å². The van der Waals surface area contributed by atoms with Gasteiger partial charge in [0.05, 0.1) is 0 Å². The number of nitrogens with two attached hydrogens (primary N) is 1. The summed E-state index contributed by atoms with van der Waals surface area (Å²) in [7, 11) is 0. The largest absolute Gasteiger partial charge is 0.489 e. The smallest absolute Gasteiger partial charge is 0.147 e. The lowest BCUT2D eigenvalue weighted by Gasteiger charge is -2.09. The number of rotatable bonds is 5. The van der Waals surface area contributed by atoms with Gasteiger partial charge in [-0.25, -0.2) is 9.37 Å². The molecule has 2 N–H and O–H groups in total. The molecule has 1 aromatic carbocycles. The summed E-state index contributed by atoms with van der Waals surface area (Å²) in [6.45, 7) is 0.617. The number of halogens is 1. The van der Waals surface area contributed by atoms with Crippen LogP contribution in [-0.2, 0) is 13.0 Å². The van der Waals surface area contributed by atoms with Crippen LogP contribution in [0, 0.1) is 17.1 Å². The summed E-state index contributed by atoms with van der Waals surface area (Å²) in [5.41, 5.74) is 7.22. The zero-order valence-electron chi connectivity index (χ0n) is 10.8. The quantitative estimate of drug-likeness (QED) is 0.904. The van der Waals surface area contributed by atoms with Crippen LogP contribution in [0.3, 0.4) is 0 Å². The second-order valence-corrected chi connectivity index (χ2v) is 4.25. The average Bonchev–Trinajstić information content (AvgIpc) is 2.45. The van der Waals surface area contributed by atoms with Gasteiger partial charge in [0.25, 0.3) is 0 Å². The third kappa shape index (κ3) is 3.53. The molecule has 0 radical (unpaired) electrons. The van der Waals surface area contributed by atoms with E-state index in [4.69, 9.17) is 15.7 Å². The fourth-order valence-electron chi connectivity index (χ4n) is 1.83. The van der Waals surface area contributed by atoms with Gasteiger partial charge in [0.2, 0.25) is 0 Å². The Balaban J connectivity index is 2.13. The Bertz CT molecular complexity index is 637. The fraction of sp³-hybridized carbons (Fsp3) is 0.200. The summed E-state index contributed by atoms with van der Waals surface area (Å²) in [6.07, 6.45) is 2.13. The fourth-order valence-corrected chi connectivity index (χ4v) is 1.83. The summed E-state index contributed by atoms with van der Waals surface area (Å²) >= 11 is 0. The minimum atomic E-state index is -0.363. The lowest BCUT2D eigenvalue weighted by molar-refractivity contribution is 0.303. The molecule has 0 spiro atoms. The minimum absolute atomic E-state index is 0.169. The zero-order valence-corrected chi connectivity index (χ0v) is 10.8. The highest BCUT2D eigenvalue weighted by Crippen LogP contribution is 2.18. The normalized spacial score (nSPS) is 10.1. The molecule has 0 bridgehead atoms. The van der Waals surface area contributed by atoms with Crippen molar-refractivity contribution in [3.05, 3.63) is 59.2 Å². The summed E-state index contributed by atoms with van der Waals surface area (Å²) in [6, 6.07) is 9.97. The Labute approximate surface area is 116 Å². The van der Waals surface area contributed by atoms with E-state index in [2.05, 4.69) is 4.98 Å². The van der Waals surface area contributed by atoms with Crippen molar-refractivity contribution in [1.82, 2.24) is 4.98 Å². The molecule has 0 aliphatic carbocycles. The second-order valence-electron chi connectivity index (χ2n) is 4.25. The Morgan fingerprint density at radius 2 is 2.20 bits per heavy atom. The van der Waals surface area contributed by atoms with E-state index in [1.165, 1.54) is 12.1 Å². The highest BCUT2D eigenvalue weighted by atomic mass is 19.1. The monoisotopic (exact) mass is 271 g/mol. The highest BCUT2D eigenvalue weighted by molar-refractivity contribution is 5.32. The van der Waals surface area contributed by atoms with Crippen molar-refractivity contribution in [2.75, 3.05) is 6.54 Å². The van der Waals surface area contributed by atoms with Crippen LogP contribution in [0.5, 0.6) is 5.75 Å². The lowest BCUT2D eigenvalue weighted by atomic mass is 10.1. The van der Waals surface area contributed by atoms with Gasteiger partial charge >= 0.3 is 0 Å². The molecule has 102 valence electrons. The molecule has 0 amide bonds. The highest BCUT2D eigenvalue weighted by Gasteiger charge is 2.05. The molecule has 0 saturated heterocycles. The standard InChI is InChI=1S/C15H14FN3O/c16-13-6-11(3-4-17)7-14(8-13)20-10-12-2-1-5-19-15(12)9-18/h1-2,5-8H,3-4,10,17H2. The van der Waals surface area contributed by atoms with Crippen LogP contribution in [-0.4, -0.2) is 11.5 Å². The molecule has 0 fully saturated rings. The van der Waals surface area contributed by atoms with Crippen LogP contribution < -0.4 is 10.5 Å². The Hall–Kier alpha value is -2.45. The Morgan fingerprint density at radius 3 is 2.95 bits per heavy atom. The van der Waals surface area contributed by atoms with E-state index in [0.29, 0.717) is 30.0 Å². The topological polar surface area (TPSA) is 71.9 Å². The maximum absolute atomic E-state index is 13.4. The molecule has 0 unspecified atom stereocenters. The van der Waals surface area contributed by atoms with Gasteiger partial charge in [-0.2, -0.15) is 5.26 Å². The van der Waals surface area contributed by atoms with Crippen LogP contribution in [0.4, 0.5) is 4.39 Å². The van der Waals surface area contributed by atoms with Gasteiger partial charge in [0, 0.05) is 17.8 Å². The van der Waals surface area contributed by atoms with Crippen molar-refractivity contribution in [1.29, 1.82) is 5.26 Å². The third-order valence-electron chi connectivity index (χ3n) is 2.76. The van der Waals surface area contributed by atoms with Gasteiger partial charge in [-0.15, -0.1) is 0 Å². The van der Waals surface area contributed by atoms with E-state index >= 15 is 0 Å². The molecule has 20 heavy (non-hydrogen) atoms. The first-order chi connectivity index (χ1) is 9.72. The first-order valence-corrected chi connectivity index (χ1v) is 6.19. The molecule has 0 aliphatic heterocycles. The zero-order chi connectivity index (χ0) is 14.4. The summed E-state index contributed by atoms with van der Waals surface area (Å²) < 4.78 is 19.0. The van der Waals surface area contributed by atoms with Crippen LogP contribution in [0.2, 0.25) is 0 Å². The molecular weight excluding hydrogens is 257 g/mol. The molecule has 2 rings (SSSR count). The Morgan fingerprint density at radius 1 is 1.35 bits per heavy atom. The van der Waals surface area contributed by atoms with E-state index in [9.17, 15) is 4.39 Å². The van der Waals surface area contributed by atoms with E-state index in [1.54, 1.807) is 24.4 Å². The van der Waals surface area contributed by atoms with Crippen molar-refractivity contribution >= 4 is 0 Å². The van der Waals surface area contributed by atoms with Gasteiger partial charge < -0.3 is 10.5 Å². The van der Waals surface area contributed by atoms with Gasteiger partial charge in [-0.05, 0) is 36.7 Å². The van der Waals surface area contributed by atoms with Crippen LogP contribution >= 0.6 is 0 Å². The number of aromatic nitrogens is 1. The predicted octanol–water partition coefficient (Wildman–Crippen LogP) is 2.17. The lowest BCUT2D eigenvalue weighted by Crippen LogP contribution is -2.04. The first kappa shape index (κ1) is 14.0. The maximum Gasteiger partial charge on any atom is 0.147 e. The van der Waals surface area contributed by atoms with Crippen molar-refractivity contribution < 1.29 is 9.13 Å². The third-order valence-corrected chi connectivity index (χ3v) is 2.76. The number of nitrogens with zero attached hydrogens (tertiary/aromatic N) is 2. The van der Waals surface area contributed by atoms with Crippen molar-refractivity contribution in [3.8, 4) is 11.8 Å². The molecular formula is C15H14FN3O. The molecule has 5 heteroatoms. The van der Waals surface area contributed by atoms with E-state index in [0.717, 1.165) is 5.56 Å². The van der Waals surface area contributed by atoms with E-state index in [-0.39, 0.29) is 12.4 Å². The van der Waals surface area contributed by atoms with Crippen molar-refractivity contribution in [2.24, 2.45) is 5.73 Å². The van der Waals surface area contributed by atoms with Gasteiger partial charge in [0.15, 0.2) is 0 Å². The minimum Gasteiger partial charge on any atom is -0.489 e. The van der Waals surface area contributed by atoms with Crippen LogP contribution in [0.15, 0.2) is 36.5 Å². The van der Waals surface area contributed by atoms with Crippen LogP contribution in [0.1, 0.15) is 16.8 Å². The molecule has 1 heterocycles. The predicted molar refractivity (Wildman–Crippen MR) is 72.4 cm³/mol. The summed E-state index contributed by atoms with van der Waals surface area (Å²) in [5, 5.41) is 8.93. The number of hydrogen-bond donors (Lipinski definition) is 1. The molecule has 0 atom stereocenters. The van der Waals surface area contributed by atoms with E-state index < -0.39 is 0 Å². The van der Waals surface area contributed by atoms with Crippen LogP contribution in [0.25, 0.3) is 0 Å². The average molecular weight is 271 g/mol. The second kappa shape index (κ2) is 6.64. The molecule has 0 saturated carbocycles. The molecule has 0 aliphatic rings.